The molecule has 0 amide bonds. The molecular weight excluding hydrogens is 349 g/mol. The number of aliphatic hydroxyl groups is 2. The van der Waals surface area contributed by atoms with Crippen LogP contribution in [0.15, 0.2) is 11.1 Å². The number of aliphatic hydroxyl groups excluding tert-OH is 2. The third-order valence-electron chi connectivity index (χ3n) is 3.48. The number of nitrogens with two attached hydrogens (primary N) is 1. The molecule has 0 saturated carbocycles. The van der Waals surface area contributed by atoms with Crippen molar-refractivity contribution in [2.45, 2.75) is 24.5 Å². The molecule has 1 aliphatic heterocycles. The number of rotatable bonds is 4. The molecule has 0 aliphatic carbocycles. The van der Waals surface area contributed by atoms with Crippen LogP contribution >= 0.6 is 7.82 Å². The number of nitrogens with one attached hydrogen (secondary N) is 1. The van der Waals surface area contributed by atoms with Gasteiger partial charge in [0.1, 0.15) is 18.3 Å². The summed E-state index contributed by atoms with van der Waals surface area (Å²) in [5.74, 6) is -0.209. The second-order valence-electron chi connectivity index (χ2n) is 5.07. The smallest absolute Gasteiger partial charge is 0.394 e. The van der Waals surface area contributed by atoms with E-state index < -0.39 is 44.5 Å². The molecule has 0 unspecified atom stereocenters. The van der Waals surface area contributed by atoms with Crippen molar-refractivity contribution in [2.24, 2.45) is 0 Å². The highest BCUT2D eigenvalue weighted by Crippen LogP contribution is 2.44. The molecule has 0 bridgehead atoms. The zero-order chi connectivity index (χ0) is 17.6. The summed E-state index contributed by atoms with van der Waals surface area (Å²) in [7, 11) is -4.98. The number of H-pyrrole nitrogens is 1. The van der Waals surface area contributed by atoms with Crippen LogP contribution in [0.1, 0.15) is 6.23 Å². The van der Waals surface area contributed by atoms with Gasteiger partial charge in [0, 0.05) is 0 Å². The normalized spacial score (nSPS) is 27.8. The van der Waals surface area contributed by atoms with Gasteiger partial charge in [0.15, 0.2) is 17.4 Å². The summed E-state index contributed by atoms with van der Waals surface area (Å²) in [5, 5.41) is 19.3. The number of imidazole rings is 1. The number of anilines is 1. The molecule has 2 aromatic rings. The third kappa shape index (κ3) is 2.93. The van der Waals surface area contributed by atoms with Gasteiger partial charge >= 0.3 is 7.82 Å². The summed E-state index contributed by atoms with van der Waals surface area (Å²) >= 11 is 0. The largest absolute Gasteiger partial charge is 0.470 e. The molecule has 3 rings (SSSR count). The van der Waals surface area contributed by atoms with E-state index >= 15 is 0 Å². The first kappa shape index (κ1) is 17.0. The number of aromatic amines is 1. The van der Waals surface area contributed by atoms with Gasteiger partial charge in [-0.2, -0.15) is 4.98 Å². The van der Waals surface area contributed by atoms with Crippen LogP contribution in [-0.4, -0.2) is 64.4 Å². The van der Waals surface area contributed by atoms with Crippen LogP contribution in [0.5, 0.6) is 0 Å². The molecule has 7 N–H and O–H groups in total. The number of fused-ring (bicyclic) bond motifs is 1. The van der Waals surface area contributed by atoms with Gasteiger partial charge in [0.2, 0.25) is 5.95 Å². The maximum atomic E-state index is 11.8. The van der Waals surface area contributed by atoms with E-state index in [0.29, 0.717) is 0 Å². The van der Waals surface area contributed by atoms with Gasteiger partial charge in [-0.15, -0.1) is 0 Å². The molecule has 13 nitrogen and oxygen atoms in total. The lowest BCUT2D eigenvalue weighted by molar-refractivity contribution is -0.0505. The van der Waals surface area contributed by atoms with Crippen molar-refractivity contribution in [3.63, 3.8) is 0 Å². The second-order valence-corrected chi connectivity index (χ2v) is 6.27. The predicted octanol–water partition coefficient (Wildman–Crippen LogP) is -2.57. The monoisotopic (exact) mass is 363 g/mol. The first-order valence-corrected chi connectivity index (χ1v) is 8.15. The molecule has 0 radical (unpaired) electrons. The van der Waals surface area contributed by atoms with Crippen LogP contribution in [0.4, 0.5) is 5.95 Å². The van der Waals surface area contributed by atoms with Crippen molar-refractivity contribution in [2.75, 3.05) is 12.3 Å². The Morgan fingerprint density at radius 1 is 1.50 bits per heavy atom. The quantitative estimate of drug-likeness (QED) is 0.311. The fourth-order valence-electron chi connectivity index (χ4n) is 2.49. The summed E-state index contributed by atoms with van der Waals surface area (Å²) in [5.41, 5.74) is 4.72. The first-order chi connectivity index (χ1) is 11.2. The SMILES string of the molecule is Nc1nc2c(ncn2[C@@H]2O[C@H](CO)[C@H](O)[C@H]2OP(=O)(O)O)c(=O)[nH]1. The van der Waals surface area contributed by atoms with E-state index in [9.17, 15) is 19.6 Å². The number of ether oxygens (including phenoxy) is 1. The maximum Gasteiger partial charge on any atom is 0.470 e. The average Bonchev–Trinajstić information content (AvgIpc) is 3.00. The first-order valence-electron chi connectivity index (χ1n) is 6.62. The third-order valence-corrected chi connectivity index (χ3v) is 3.99. The van der Waals surface area contributed by atoms with E-state index in [1.54, 1.807) is 0 Å². The minimum atomic E-state index is -4.98. The van der Waals surface area contributed by atoms with E-state index in [2.05, 4.69) is 19.5 Å². The average molecular weight is 363 g/mol. The van der Waals surface area contributed by atoms with E-state index in [1.807, 2.05) is 0 Å². The number of hydrogen-bond donors (Lipinski definition) is 6. The molecule has 1 saturated heterocycles. The number of nitrogens with zero attached hydrogens (tertiary/aromatic N) is 3. The Hall–Kier alpha value is -1.86. The Morgan fingerprint density at radius 2 is 2.21 bits per heavy atom. The lowest BCUT2D eigenvalue weighted by Gasteiger charge is -2.22. The zero-order valence-electron chi connectivity index (χ0n) is 11.9. The van der Waals surface area contributed by atoms with Crippen molar-refractivity contribution in [1.82, 2.24) is 19.5 Å². The second kappa shape index (κ2) is 5.89. The van der Waals surface area contributed by atoms with Gasteiger partial charge in [-0.1, -0.05) is 0 Å². The molecule has 0 aromatic carbocycles. The Balaban J connectivity index is 2.09. The van der Waals surface area contributed by atoms with Crippen LogP contribution in [0, 0.1) is 0 Å². The summed E-state index contributed by atoms with van der Waals surface area (Å²) in [6, 6.07) is 0. The van der Waals surface area contributed by atoms with Gasteiger partial charge in [0.05, 0.1) is 12.9 Å². The van der Waals surface area contributed by atoms with Crippen LogP contribution in [0.25, 0.3) is 11.2 Å². The zero-order valence-corrected chi connectivity index (χ0v) is 12.8. The van der Waals surface area contributed by atoms with Crippen molar-refractivity contribution in [1.29, 1.82) is 0 Å². The molecule has 2 aromatic heterocycles. The fourth-order valence-corrected chi connectivity index (χ4v) is 3.04. The van der Waals surface area contributed by atoms with Gasteiger partial charge < -0.3 is 30.5 Å². The molecule has 4 atom stereocenters. The molecule has 0 spiro atoms. The van der Waals surface area contributed by atoms with Crippen LogP contribution in [0.2, 0.25) is 0 Å². The van der Waals surface area contributed by atoms with Crippen LogP contribution in [0.3, 0.4) is 0 Å². The fraction of sp³-hybridized carbons (Fsp3) is 0.500. The Kier molecular flexibility index (Phi) is 4.17. The molecule has 14 heteroatoms. The molecule has 1 aliphatic rings. The van der Waals surface area contributed by atoms with Crippen molar-refractivity contribution >= 4 is 24.9 Å². The lowest BCUT2D eigenvalue weighted by atomic mass is 10.1. The number of nitrogen functional groups attached to an aromatic ring is 1. The van der Waals surface area contributed by atoms with Crippen LogP contribution in [-0.2, 0) is 13.8 Å². The van der Waals surface area contributed by atoms with Gasteiger partial charge in [-0.3, -0.25) is 18.9 Å². The minimum Gasteiger partial charge on any atom is -0.394 e. The highest BCUT2D eigenvalue weighted by Gasteiger charge is 2.48. The van der Waals surface area contributed by atoms with E-state index in [0.717, 1.165) is 10.9 Å². The maximum absolute atomic E-state index is 11.8. The Bertz CT molecular complexity index is 861. The number of phosphoric ester groups is 1. The minimum absolute atomic E-state index is 0.0358. The van der Waals surface area contributed by atoms with E-state index in [4.69, 9.17) is 20.3 Å². The van der Waals surface area contributed by atoms with Crippen LogP contribution < -0.4 is 11.3 Å². The lowest BCUT2D eigenvalue weighted by Crippen LogP contribution is -2.34. The highest BCUT2D eigenvalue weighted by molar-refractivity contribution is 7.46. The number of phosphoric acid groups is 1. The molecular formula is C10H14N5O8P. The number of hydrogen-bond acceptors (Lipinski definition) is 9. The van der Waals surface area contributed by atoms with Crippen molar-refractivity contribution in [3.05, 3.63) is 16.7 Å². The topological polar surface area (TPSA) is 206 Å². The van der Waals surface area contributed by atoms with Crippen molar-refractivity contribution in [3.8, 4) is 0 Å². The summed E-state index contributed by atoms with van der Waals surface area (Å²) in [6.07, 6.45) is -4.42. The molecule has 24 heavy (non-hydrogen) atoms. The van der Waals surface area contributed by atoms with E-state index in [-0.39, 0.29) is 17.1 Å². The summed E-state index contributed by atoms with van der Waals surface area (Å²) in [4.78, 5) is 39.8. The van der Waals surface area contributed by atoms with Gasteiger partial charge in [-0.25, -0.2) is 9.55 Å². The highest BCUT2D eigenvalue weighted by atomic mass is 31.2. The Morgan fingerprint density at radius 3 is 2.83 bits per heavy atom. The standard InChI is InChI=1S/C10H14N5O8P/c11-10-13-7-4(8(18)14-10)12-2-15(7)9-6(23-24(19,20)21)5(17)3(1-16)22-9/h2-3,5-6,9,16-17H,1H2,(H2,19,20,21)(H3,11,13,14,18)/t3-,5+,6-,9-/m1/s1. The number of aromatic nitrogens is 4. The predicted molar refractivity (Wildman–Crippen MR) is 76.5 cm³/mol. The molecule has 1 fully saturated rings. The molecule has 132 valence electrons. The Labute approximate surface area is 132 Å². The van der Waals surface area contributed by atoms with Gasteiger partial charge in [0.25, 0.3) is 5.56 Å². The summed E-state index contributed by atoms with van der Waals surface area (Å²) in [6.45, 7) is -0.624. The summed E-state index contributed by atoms with van der Waals surface area (Å²) < 4.78 is 22.2. The van der Waals surface area contributed by atoms with Gasteiger partial charge in [-0.05, 0) is 0 Å². The van der Waals surface area contributed by atoms with Crippen molar-refractivity contribution < 1.29 is 33.8 Å². The van der Waals surface area contributed by atoms with E-state index in [1.165, 1.54) is 0 Å². The molecule has 3 heterocycles.